The standard InChI is InChI=1S/C9H11NO5S/c1-6-8(10(11)12)4-7(15-2)5-9(6)16(3,13)14/h4-5H,1-3H3. The molecule has 0 aliphatic heterocycles. The zero-order valence-corrected chi connectivity index (χ0v) is 9.87. The average Bonchev–Trinajstić information content (AvgIpc) is 2.15. The number of benzene rings is 1. The molecular formula is C9H11NO5S. The zero-order valence-electron chi connectivity index (χ0n) is 9.05. The number of rotatable bonds is 3. The molecule has 0 aliphatic carbocycles. The van der Waals surface area contributed by atoms with Gasteiger partial charge in [0.25, 0.3) is 5.69 Å². The van der Waals surface area contributed by atoms with E-state index < -0.39 is 14.8 Å². The molecule has 0 spiro atoms. The number of methoxy groups -OCH3 is 1. The minimum absolute atomic E-state index is 0.0847. The fraction of sp³-hybridized carbons (Fsp3) is 0.333. The molecule has 6 nitrogen and oxygen atoms in total. The van der Waals surface area contributed by atoms with Crippen molar-refractivity contribution in [2.45, 2.75) is 11.8 Å². The van der Waals surface area contributed by atoms with Gasteiger partial charge in [0.05, 0.1) is 23.0 Å². The zero-order chi connectivity index (χ0) is 12.5. The number of nitro benzene ring substituents is 1. The van der Waals surface area contributed by atoms with Crippen molar-refractivity contribution in [1.29, 1.82) is 0 Å². The van der Waals surface area contributed by atoms with Gasteiger partial charge in [-0.25, -0.2) is 8.42 Å². The molecule has 0 saturated carbocycles. The van der Waals surface area contributed by atoms with Crippen molar-refractivity contribution in [3.63, 3.8) is 0 Å². The molecule has 0 bridgehead atoms. The van der Waals surface area contributed by atoms with Gasteiger partial charge >= 0.3 is 0 Å². The molecule has 7 heteroatoms. The lowest BCUT2D eigenvalue weighted by Gasteiger charge is -2.07. The SMILES string of the molecule is COc1cc([N+](=O)[O-])c(C)c(S(C)(=O)=O)c1. The van der Waals surface area contributed by atoms with E-state index in [1.807, 2.05) is 0 Å². The van der Waals surface area contributed by atoms with Crippen molar-refractivity contribution in [3.05, 3.63) is 27.8 Å². The van der Waals surface area contributed by atoms with E-state index in [9.17, 15) is 18.5 Å². The topological polar surface area (TPSA) is 86.5 Å². The first-order valence-electron chi connectivity index (χ1n) is 4.30. The molecule has 0 heterocycles. The Morgan fingerprint density at radius 3 is 2.31 bits per heavy atom. The Labute approximate surface area is 92.9 Å². The summed E-state index contributed by atoms with van der Waals surface area (Å²) in [5.41, 5.74) is -0.145. The van der Waals surface area contributed by atoms with Gasteiger partial charge in [0.15, 0.2) is 9.84 Å². The minimum atomic E-state index is -3.51. The van der Waals surface area contributed by atoms with E-state index >= 15 is 0 Å². The maximum absolute atomic E-state index is 11.4. The van der Waals surface area contributed by atoms with Crippen LogP contribution in [0, 0.1) is 17.0 Å². The molecule has 0 radical (unpaired) electrons. The van der Waals surface area contributed by atoms with Crippen molar-refractivity contribution in [2.75, 3.05) is 13.4 Å². The highest BCUT2D eigenvalue weighted by Gasteiger charge is 2.21. The molecule has 88 valence electrons. The van der Waals surface area contributed by atoms with Crippen LogP contribution in [0.5, 0.6) is 5.75 Å². The second kappa shape index (κ2) is 4.09. The Morgan fingerprint density at radius 2 is 1.94 bits per heavy atom. The second-order valence-electron chi connectivity index (χ2n) is 3.30. The van der Waals surface area contributed by atoms with E-state index in [2.05, 4.69) is 0 Å². The van der Waals surface area contributed by atoms with Crippen LogP contribution in [0.1, 0.15) is 5.56 Å². The smallest absolute Gasteiger partial charge is 0.277 e. The summed E-state index contributed by atoms with van der Waals surface area (Å²) in [6.07, 6.45) is 0.999. The van der Waals surface area contributed by atoms with Crippen LogP contribution < -0.4 is 4.74 Å². The number of hydrogen-bond acceptors (Lipinski definition) is 5. The van der Waals surface area contributed by atoms with Gasteiger partial charge in [0, 0.05) is 11.8 Å². The molecule has 1 rings (SSSR count). The van der Waals surface area contributed by atoms with Crippen LogP contribution in [-0.2, 0) is 9.84 Å². The summed E-state index contributed by atoms with van der Waals surface area (Å²) >= 11 is 0. The maximum atomic E-state index is 11.4. The molecule has 1 aromatic rings. The average molecular weight is 245 g/mol. The van der Waals surface area contributed by atoms with Crippen LogP contribution >= 0.6 is 0 Å². The monoisotopic (exact) mass is 245 g/mol. The van der Waals surface area contributed by atoms with Gasteiger partial charge in [-0.1, -0.05) is 0 Å². The van der Waals surface area contributed by atoms with Crippen LogP contribution in [0.4, 0.5) is 5.69 Å². The Morgan fingerprint density at radius 1 is 1.38 bits per heavy atom. The molecule has 0 atom stereocenters. The largest absolute Gasteiger partial charge is 0.496 e. The van der Waals surface area contributed by atoms with E-state index in [-0.39, 0.29) is 21.9 Å². The Hall–Kier alpha value is -1.63. The molecule has 0 amide bonds. The summed E-state index contributed by atoms with van der Waals surface area (Å²) < 4.78 is 27.7. The lowest BCUT2D eigenvalue weighted by Crippen LogP contribution is -2.04. The highest BCUT2D eigenvalue weighted by Crippen LogP contribution is 2.30. The lowest BCUT2D eigenvalue weighted by molar-refractivity contribution is -0.385. The Bertz CT molecular complexity index is 535. The predicted octanol–water partition coefficient (Wildman–Crippen LogP) is 1.32. The van der Waals surface area contributed by atoms with Gasteiger partial charge < -0.3 is 4.74 Å². The van der Waals surface area contributed by atoms with Crippen molar-refractivity contribution in [1.82, 2.24) is 0 Å². The Kier molecular flexibility index (Phi) is 3.18. The number of hydrogen-bond donors (Lipinski definition) is 0. The molecule has 0 fully saturated rings. The lowest BCUT2D eigenvalue weighted by atomic mass is 10.2. The van der Waals surface area contributed by atoms with E-state index in [0.29, 0.717) is 0 Å². The van der Waals surface area contributed by atoms with Crippen LogP contribution in [0.25, 0.3) is 0 Å². The highest BCUT2D eigenvalue weighted by atomic mass is 32.2. The molecular weight excluding hydrogens is 234 g/mol. The van der Waals surface area contributed by atoms with Gasteiger partial charge in [-0.3, -0.25) is 10.1 Å². The fourth-order valence-electron chi connectivity index (χ4n) is 1.34. The molecule has 0 aliphatic rings. The van der Waals surface area contributed by atoms with Crippen molar-refractivity contribution in [2.24, 2.45) is 0 Å². The molecule has 1 aromatic carbocycles. The predicted molar refractivity (Wildman–Crippen MR) is 57.5 cm³/mol. The number of nitro groups is 1. The van der Waals surface area contributed by atoms with Gasteiger partial charge in [0.1, 0.15) is 5.75 Å². The normalized spacial score (nSPS) is 11.2. The van der Waals surface area contributed by atoms with Crippen LogP contribution in [0.15, 0.2) is 17.0 Å². The number of sulfone groups is 1. The summed E-state index contributed by atoms with van der Waals surface area (Å²) in [7, 11) is -2.19. The molecule has 0 aromatic heterocycles. The Balaban J connectivity index is 3.63. The van der Waals surface area contributed by atoms with Crippen molar-refractivity contribution >= 4 is 15.5 Å². The third kappa shape index (κ3) is 2.30. The minimum Gasteiger partial charge on any atom is -0.496 e. The third-order valence-electron chi connectivity index (χ3n) is 2.14. The second-order valence-corrected chi connectivity index (χ2v) is 5.28. The molecule has 0 N–H and O–H groups in total. The molecule has 0 unspecified atom stereocenters. The highest BCUT2D eigenvalue weighted by molar-refractivity contribution is 7.90. The van der Waals surface area contributed by atoms with Gasteiger partial charge in [-0.2, -0.15) is 0 Å². The van der Waals surface area contributed by atoms with Crippen LogP contribution in [0.2, 0.25) is 0 Å². The van der Waals surface area contributed by atoms with Crippen molar-refractivity contribution in [3.8, 4) is 5.75 Å². The first-order valence-corrected chi connectivity index (χ1v) is 6.19. The first-order chi connectivity index (χ1) is 7.27. The molecule has 0 saturated heterocycles. The van der Waals surface area contributed by atoms with E-state index in [1.165, 1.54) is 26.2 Å². The van der Waals surface area contributed by atoms with Gasteiger partial charge in [0.2, 0.25) is 0 Å². The van der Waals surface area contributed by atoms with Gasteiger partial charge in [-0.05, 0) is 13.0 Å². The third-order valence-corrected chi connectivity index (χ3v) is 3.36. The number of ether oxygens (including phenoxy) is 1. The number of nitrogens with zero attached hydrogens (tertiary/aromatic N) is 1. The van der Waals surface area contributed by atoms with Crippen LogP contribution in [0.3, 0.4) is 0 Å². The maximum Gasteiger partial charge on any atom is 0.277 e. The van der Waals surface area contributed by atoms with Gasteiger partial charge in [-0.15, -0.1) is 0 Å². The fourth-order valence-corrected chi connectivity index (χ4v) is 2.33. The van der Waals surface area contributed by atoms with E-state index in [4.69, 9.17) is 4.74 Å². The van der Waals surface area contributed by atoms with Crippen molar-refractivity contribution < 1.29 is 18.1 Å². The summed E-state index contributed by atoms with van der Waals surface area (Å²) in [6.45, 7) is 1.40. The quantitative estimate of drug-likeness (QED) is 0.592. The summed E-state index contributed by atoms with van der Waals surface area (Å²) in [5, 5.41) is 10.7. The van der Waals surface area contributed by atoms with E-state index in [1.54, 1.807) is 0 Å². The first kappa shape index (κ1) is 12.4. The summed E-state index contributed by atoms with van der Waals surface area (Å²) in [4.78, 5) is 10.0. The van der Waals surface area contributed by atoms with Crippen LogP contribution in [-0.4, -0.2) is 26.7 Å². The van der Waals surface area contributed by atoms with E-state index in [0.717, 1.165) is 6.26 Å². The molecule has 16 heavy (non-hydrogen) atoms. The summed E-state index contributed by atoms with van der Waals surface area (Å²) in [5.74, 6) is 0.151. The summed E-state index contributed by atoms with van der Waals surface area (Å²) in [6, 6.07) is 2.47.